The molecule has 1 fully saturated rings. The second kappa shape index (κ2) is 9.82. The lowest BCUT2D eigenvalue weighted by Crippen LogP contribution is -2.39. The van der Waals surface area contributed by atoms with Crippen molar-refractivity contribution >= 4 is 21.8 Å². The van der Waals surface area contributed by atoms with Gasteiger partial charge in [-0.3, -0.25) is 9.59 Å². The minimum absolute atomic E-state index is 0.125. The van der Waals surface area contributed by atoms with Crippen molar-refractivity contribution in [1.29, 1.82) is 0 Å². The van der Waals surface area contributed by atoms with Crippen molar-refractivity contribution in [1.82, 2.24) is 19.8 Å². The van der Waals surface area contributed by atoms with Crippen LogP contribution in [0.15, 0.2) is 29.2 Å². The van der Waals surface area contributed by atoms with E-state index in [1.807, 2.05) is 19.0 Å². The number of amides is 2. The van der Waals surface area contributed by atoms with Crippen LogP contribution >= 0.6 is 0 Å². The Kier molecular flexibility index (Phi) is 7.76. The Balaban J connectivity index is 1.88. The smallest absolute Gasteiger partial charge is 0.251 e. The van der Waals surface area contributed by atoms with Gasteiger partial charge in [0.15, 0.2) is 0 Å². The lowest BCUT2D eigenvalue weighted by Gasteiger charge is -2.25. The van der Waals surface area contributed by atoms with Gasteiger partial charge in [0.25, 0.3) is 5.91 Å². The molecule has 2 N–H and O–H groups in total. The largest absolute Gasteiger partial charge is 0.353 e. The van der Waals surface area contributed by atoms with Crippen LogP contribution in [0.25, 0.3) is 0 Å². The Labute approximate surface area is 161 Å². The Morgan fingerprint density at radius 1 is 1.04 bits per heavy atom. The second-order valence-electron chi connectivity index (χ2n) is 6.83. The fourth-order valence-corrected chi connectivity index (χ4v) is 4.29. The van der Waals surface area contributed by atoms with Crippen molar-refractivity contribution in [3.05, 3.63) is 29.8 Å². The highest BCUT2D eigenvalue weighted by atomic mass is 32.2. The summed E-state index contributed by atoms with van der Waals surface area (Å²) in [5.74, 6) is -0.686. The number of carbonyl (C=O) groups is 2. The van der Waals surface area contributed by atoms with Crippen LogP contribution in [-0.2, 0) is 14.8 Å². The molecule has 2 amide bonds. The molecule has 0 atom stereocenters. The van der Waals surface area contributed by atoms with Crippen LogP contribution in [0.1, 0.15) is 29.6 Å². The van der Waals surface area contributed by atoms with E-state index in [-0.39, 0.29) is 17.3 Å². The monoisotopic (exact) mass is 396 g/mol. The number of hydrogen-bond donors (Lipinski definition) is 2. The normalized spacial score (nSPS) is 15.5. The first-order valence-corrected chi connectivity index (χ1v) is 10.5. The third-order valence-electron chi connectivity index (χ3n) is 4.36. The van der Waals surface area contributed by atoms with Gasteiger partial charge in [0, 0.05) is 31.7 Å². The van der Waals surface area contributed by atoms with Gasteiger partial charge in [0.05, 0.1) is 11.4 Å². The van der Waals surface area contributed by atoms with E-state index in [4.69, 9.17) is 0 Å². The number of nitrogens with zero attached hydrogens (tertiary/aromatic N) is 2. The molecule has 1 aromatic rings. The second-order valence-corrected chi connectivity index (χ2v) is 8.76. The van der Waals surface area contributed by atoms with Crippen LogP contribution in [0, 0.1) is 0 Å². The molecule has 0 aliphatic carbocycles. The molecule has 1 heterocycles. The van der Waals surface area contributed by atoms with Crippen LogP contribution in [0.2, 0.25) is 0 Å². The lowest BCUT2D eigenvalue weighted by atomic mass is 10.2. The molecular formula is C18H28N4O4S. The Morgan fingerprint density at radius 2 is 1.67 bits per heavy atom. The molecule has 1 aliphatic rings. The van der Waals surface area contributed by atoms with Gasteiger partial charge in [0.2, 0.25) is 15.9 Å². The molecule has 0 aromatic heterocycles. The van der Waals surface area contributed by atoms with E-state index in [1.165, 1.54) is 28.6 Å². The van der Waals surface area contributed by atoms with Gasteiger partial charge in [-0.1, -0.05) is 6.42 Å². The maximum absolute atomic E-state index is 12.6. The molecule has 150 valence electrons. The number of likely N-dealkylation sites (N-methyl/N-ethyl adjacent to an activating group) is 1. The Bertz CT molecular complexity index is 741. The molecule has 0 spiro atoms. The van der Waals surface area contributed by atoms with Crippen molar-refractivity contribution in [2.75, 3.05) is 46.8 Å². The van der Waals surface area contributed by atoms with Crippen molar-refractivity contribution in [3.63, 3.8) is 0 Å². The molecule has 0 saturated carbocycles. The third kappa shape index (κ3) is 6.30. The number of carbonyl (C=O) groups excluding carboxylic acids is 2. The van der Waals surface area contributed by atoms with Gasteiger partial charge in [-0.05, 0) is 51.2 Å². The quantitative estimate of drug-likeness (QED) is 0.657. The summed E-state index contributed by atoms with van der Waals surface area (Å²) in [4.78, 5) is 26.0. The predicted octanol–water partition coefficient (Wildman–Crippen LogP) is 0.269. The molecule has 0 bridgehead atoms. The topological polar surface area (TPSA) is 98.8 Å². The number of rotatable bonds is 8. The molecule has 9 heteroatoms. The van der Waals surface area contributed by atoms with E-state index < -0.39 is 15.9 Å². The standard InChI is InChI=1S/C18H28N4O4S/c1-21(2)13-10-19-17(23)14-20-18(24)15-6-8-16(9-7-15)27(25,26)22-11-4-3-5-12-22/h6-9H,3-5,10-14H2,1-2H3,(H,19,23)(H,20,24). The maximum Gasteiger partial charge on any atom is 0.251 e. The molecule has 8 nitrogen and oxygen atoms in total. The number of piperidine rings is 1. The van der Waals surface area contributed by atoms with Gasteiger partial charge < -0.3 is 15.5 Å². The van der Waals surface area contributed by atoms with Gasteiger partial charge in [-0.25, -0.2) is 8.42 Å². The summed E-state index contributed by atoms with van der Waals surface area (Å²) in [6.07, 6.45) is 2.79. The van der Waals surface area contributed by atoms with E-state index in [0.29, 0.717) is 31.7 Å². The average Bonchev–Trinajstić information content (AvgIpc) is 2.66. The first-order chi connectivity index (χ1) is 12.8. The molecule has 1 saturated heterocycles. The van der Waals surface area contributed by atoms with E-state index >= 15 is 0 Å². The molecule has 0 radical (unpaired) electrons. The zero-order valence-corrected chi connectivity index (χ0v) is 16.7. The first-order valence-electron chi connectivity index (χ1n) is 9.10. The van der Waals surface area contributed by atoms with Crippen LogP contribution in [0.3, 0.4) is 0 Å². The number of sulfonamides is 1. The highest BCUT2D eigenvalue weighted by molar-refractivity contribution is 7.89. The summed E-state index contributed by atoms with van der Waals surface area (Å²) in [6.45, 7) is 2.17. The first kappa shape index (κ1) is 21.3. The highest BCUT2D eigenvalue weighted by Gasteiger charge is 2.25. The van der Waals surface area contributed by atoms with E-state index in [2.05, 4.69) is 10.6 Å². The molecule has 1 aliphatic heterocycles. The zero-order chi connectivity index (χ0) is 19.9. The molecule has 2 rings (SSSR count). The van der Waals surface area contributed by atoms with Crippen molar-refractivity contribution in [3.8, 4) is 0 Å². The van der Waals surface area contributed by atoms with E-state index in [1.54, 1.807) is 0 Å². The summed E-state index contributed by atoms with van der Waals surface area (Å²) < 4.78 is 26.7. The molecule has 0 unspecified atom stereocenters. The Hall–Kier alpha value is -1.97. The fraction of sp³-hybridized carbons (Fsp3) is 0.556. The van der Waals surface area contributed by atoms with E-state index in [0.717, 1.165) is 19.3 Å². The SMILES string of the molecule is CN(C)CCNC(=O)CNC(=O)c1ccc(S(=O)(=O)N2CCCCC2)cc1. The van der Waals surface area contributed by atoms with Crippen LogP contribution in [0.4, 0.5) is 0 Å². The van der Waals surface area contributed by atoms with Gasteiger partial charge in [-0.15, -0.1) is 0 Å². The predicted molar refractivity (Wildman–Crippen MR) is 103 cm³/mol. The summed E-state index contributed by atoms with van der Waals surface area (Å²) in [5.41, 5.74) is 0.314. The maximum atomic E-state index is 12.6. The van der Waals surface area contributed by atoms with Gasteiger partial charge in [-0.2, -0.15) is 4.31 Å². The molecule has 27 heavy (non-hydrogen) atoms. The van der Waals surface area contributed by atoms with Gasteiger partial charge in [0.1, 0.15) is 0 Å². The number of nitrogens with one attached hydrogen (secondary N) is 2. The summed E-state index contributed by atoms with van der Waals surface area (Å²) >= 11 is 0. The summed E-state index contributed by atoms with van der Waals surface area (Å²) in [5, 5.41) is 5.24. The fourth-order valence-electron chi connectivity index (χ4n) is 2.78. The number of benzene rings is 1. The van der Waals surface area contributed by atoms with Crippen molar-refractivity contribution < 1.29 is 18.0 Å². The third-order valence-corrected chi connectivity index (χ3v) is 6.27. The summed E-state index contributed by atoms with van der Waals surface area (Å²) in [7, 11) is 0.298. The lowest BCUT2D eigenvalue weighted by molar-refractivity contribution is -0.120. The van der Waals surface area contributed by atoms with E-state index in [9.17, 15) is 18.0 Å². The van der Waals surface area contributed by atoms with Crippen LogP contribution < -0.4 is 10.6 Å². The van der Waals surface area contributed by atoms with Crippen LogP contribution in [0.5, 0.6) is 0 Å². The van der Waals surface area contributed by atoms with Crippen LogP contribution in [-0.4, -0.2) is 76.3 Å². The minimum Gasteiger partial charge on any atom is -0.353 e. The average molecular weight is 397 g/mol. The minimum atomic E-state index is -3.51. The number of hydrogen-bond acceptors (Lipinski definition) is 5. The summed E-state index contributed by atoms with van der Waals surface area (Å²) in [6, 6.07) is 5.82. The highest BCUT2D eigenvalue weighted by Crippen LogP contribution is 2.20. The molecular weight excluding hydrogens is 368 g/mol. The zero-order valence-electron chi connectivity index (χ0n) is 15.9. The van der Waals surface area contributed by atoms with Crippen molar-refractivity contribution in [2.45, 2.75) is 24.2 Å². The van der Waals surface area contributed by atoms with Crippen molar-refractivity contribution in [2.24, 2.45) is 0 Å². The molecule has 1 aromatic carbocycles. The van der Waals surface area contributed by atoms with Gasteiger partial charge >= 0.3 is 0 Å². The Morgan fingerprint density at radius 3 is 2.26 bits per heavy atom.